The van der Waals surface area contributed by atoms with Crippen LogP contribution < -0.4 is 0 Å². The van der Waals surface area contributed by atoms with E-state index >= 15 is 0 Å². The highest BCUT2D eigenvalue weighted by Crippen LogP contribution is 2.41. The molecule has 0 N–H and O–H groups in total. The maximum Gasteiger partial charge on any atom is 0.160 e. The fourth-order valence-electron chi connectivity index (χ4n) is 5.32. The van der Waals surface area contributed by atoms with Gasteiger partial charge in [0.1, 0.15) is 6.26 Å². The molecule has 7 rings (SSSR count). The second kappa shape index (κ2) is 6.97. The minimum atomic E-state index is -1.06. The molecule has 2 aromatic heterocycles. The van der Waals surface area contributed by atoms with Gasteiger partial charge in [0.15, 0.2) is 4.90 Å². The Labute approximate surface area is 202 Å². The molecule has 33 heavy (non-hydrogen) atoms. The summed E-state index contributed by atoms with van der Waals surface area (Å²) in [5.74, 6) is 0. The van der Waals surface area contributed by atoms with E-state index in [2.05, 4.69) is 99.2 Å². The summed E-state index contributed by atoms with van der Waals surface area (Å²) in [6.07, 6.45) is 1.74. The van der Waals surface area contributed by atoms with Gasteiger partial charge in [0, 0.05) is 31.6 Å². The zero-order chi connectivity index (χ0) is 22.3. The van der Waals surface area contributed by atoms with E-state index in [0.717, 1.165) is 20.5 Å². The predicted molar refractivity (Wildman–Crippen MR) is 144 cm³/mol. The molecule has 0 bridgehead atoms. The number of rotatable bonds is 2. The van der Waals surface area contributed by atoms with Crippen LogP contribution in [0, 0.1) is 0 Å². The molecule has 2 heterocycles. The third kappa shape index (κ3) is 2.72. The van der Waals surface area contributed by atoms with Crippen molar-refractivity contribution in [2.24, 2.45) is 0 Å². The Balaban J connectivity index is 1.58. The van der Waals surface area contributed by atoms with Crippen molar-refractivity contribution in [1.82, 2.24) is 4.40 Å². The van der Waals surface area contributed by atoms with Crippen LogP contribution in [0.2, 0.25) is 0 Å². The standard InChI is InChI=1S/C29H18BrNOS/c1-33(32)28-12-11-20(30)16-24(28)18-10-9-17-14-25-23-7-4-6-22-21-5-2-3-8-26(21)31(29(22)23)27(25)15-19(17)13-18/h2-16H,1H3. The fourth-order valence-corrected chi connectivity index (χ4v) is 6.43. The molecule has 4 heteroatoms. The molecule has 0 aliphatic rings. The van der Waals surface area contributed by atoms with Gasteiger partial charge in [-0.05, 0) is 70.0 Å². The van der Waals surface area contributed by atoms with Gasteiger partial charge in [0.25, 0.3) is 0 Å². The molecule has 0 aliphatic heterocycles. The van der Waals surface area contributed by atoms with Gasteiger partial charge in [-0.1, -0.05) is 64.5 Å². The Hall–Kier alpha value is -3.05. The van der Waals surface area contributed by atoms with Crippen LogP contribution in [0.1, 0.15) is 0 Å². The van der Waals surface area contributed by atoms with E-state index in [9.17, 15) is 4.55 Å². The Morgan fingerprint density at radius 3 is 2.33 bits per heavy atom. The average molecular weight is 508 g/mol. The topological polar surface area (TPSA) is 27.5 Å². The first-order chi connectivity index (χ1) is 16.1. The van der Waals surface area contributed by atoms with Crippen LogP contribution in [-0.2, 0) is 11.2 Å². The highest BCUT2D eigenvalue weighted by Gasteiger charge is 2.18. The van der Waals surface area contributed by atoms with E-state index in [-0.39, 0.29) is 0 Å². The Morgan fingerprint density at radius 2 is 1.48 bits per heavy atom. The van der Waals surface area contributed by atoms with E-state index in [1.54, 1.807) is 6.26 Å². The number of benzene rings is 5. The molecule has 7 aromatic rings. The Bertz CT molecular complexity index is 1870. The summed E-state index contributed by atoms with van der Waals surface area (Å²) in [4.78, 5) is 0.851. The first-order valence-corrected chi connectivity index (χ1v) is 13.2. The van der Waals surface area contributed by atoms with Crippen LogP contribution >= 0.6 is 15.9 Å². The summed E-state index contributed by atoms with van der Waals surface area (Å²) in [5, 5.41) is 7.54. The van der Waals surface area contributed by atoms with Crippen molar-refractivity contribution < 1.29 is 4.55 Å². The lowest BCUT2D eigenvalue weighted by molar-refractivity contribution is 0.601. The second-order valence-electron chi connectivity index (χ2n) is 8.58. The van der Waals surface area contributed by atoms with Crippen LogP contribution in [0.15, 0.2) is 100 Å². The molecule has 0 saturated heterocycles. The van der Waals surface area contributed by atoms with Crippen molar-refractivity contribution in [2.75, 3.05) is 6.26 Å². The quantitative estimate of drug-likeness (QED) is 0.217. The van der Waals surface area contributed by atoms with E-state index in [1.165, 1.54) is 48.9 Å². The van der Waals surface area contributed by atoms with Crippen LogP contribution in [0.4, 0.5) is 0 Å². The lowest BCUT2D eigenvalue weighted by Gasteiger charge is -2.12. The zero-order valence-corrected chi connectivity index (χ0v) is 20.2. The highest BCUT2D eigenvalue weighted by molar-refractivity contribution is 9.10. The zero-order valence-electron chi connectivity index (χ0n) is 17.8. The second-order valence-corrected chi connectivity index (χ2v) is 10.8. The Kier molecular flexibility index (Phi) is 4.10. The molecule has 158 valence electrons. The number of para-hydroxylation sites is 2. The van der Waals surface area contributed by atoms with Crippen molar-refractivity contribution in [1.29, 1.82) is 0 Å². The van der Waals surface area contributed by atoms with E-state index < -0.39 is 11.2 Å². The maximum atomic E-state index is 12.4. The molecule has 0 saturated carbocycles. The largest absolute Gasteiger partial charge is 0.612 e. The first kappa shape index (κ1) is 19.4. The van der Waals surface area contributed by atoms with Crippen LogP contribution in [0.3, 0.4) is 0 Å². The molecule has 0 radical (unpaired) electrons. The number of hydrogen-bond donors (Lipinski definition) is 0. The number of hydrogen-bond acceptors (Lipinski definition) is 1. The average Bonchev–Trinajstić information content (AvgIpc) is 3.34. The first-order valence-electron chi connectivity index (χ1n) is 10.8. The van der Waals surface area contributed by atoms with Crippen molar-refractivity contribution in [3.05, 3.63) is 95.5 Å². The molecule has 1 unspecified atom stereocenters. The summed E-state index contributed by atoms with van der Waals surface area (Å²) in [6, 6.07) is 32.4. The van der Waals surface area contributed by atoms with Crippen LogP contribution in [0.25, 0.3) is 60.0 Å². The molecule has 0 aliphatic carbocycles. The van der Waals surface area contributed by atoms with Gasteiger partial charge < -0.3 is 8.95 Å². The highest BCUT2D eigenvalue weighted by atomic mass is 79.9. The normalized spacial score (nSPS) is 13.2. The smallest absolute Gasteiger partial charge is 0.160 e. The molecule has 0 spiro atoms. The molecule has 1 atom stereocenters. The number of nitrogens with zero attached hydrogens (tertiary/aromatic N) is 1. The summed E-state index contributed by atoms with van der Waals surface area (Å²) >= 11 is 2.52. The lowest BCUT2D eigenvalue weighted by atomic mass is 9.99. The molecule has 0 amide bonds. The molecule has 5 aromatic carbocycles. The van der Waals surface area contributed by atoms with Crippen molar-refractivity contribution in [3.63, 3.8) is 0 Å². The van der Waals surface area contributed by atoms with Crippen molar-refractivity contribution in [3.8, 4) is 11.1 Å². The summed E-state index contributed by atoms with van der Waals surface area (Å²) in [5.41, 5.74) is 5.84. The minimum Gasteiger partial charge on any atom is -0.612 e. The number of aromatic nitrogens is 1. The van der Waals surface area contributed by atoms with Crippen molar-refractivity contribution in [2.45, 2.75) is 4.90 Å². The van der Waals surface area contributed by atoms with Gasteiger partial charge in [0.05, 0.1) is 16.6 Å². The predicted octanol–water partition coefficient (Wildman–Crippen LogP) is 8.16. The Morgan fingerprint density at radius 1 is 0.697 bits per heavy atom. The molecule has 0 fully saturated rings. The number of fused-ring (bicyclic) bond motifs is 7. The molecular weight excluding hydrogens is 490 g/mol. The van der Waals surface area contributed by atoms with Gasteiger partial charge >= 0.3 is 0 Å². The van der Waals surface area contributed by atoms with Gasteiger partial charge in [-0.25, -0.2) is 0 Å². The third-order valence-corrected chi connectivity index (χ3v) is 8.21. The van der Waals surface area contributed by atoms with E-state index in [0.29, 0.717) is 0 Å². The van der Waals surface area contributed by atoms with Crippen LogP contribution in [0.5, 0.6) is 0 Å². The summed E-state index contributed by atoms with van der Waals surface area (Å²) in [7, 11) is 0. The molecule has 2 nitrogen and oxygen atoms in total. The summed E-state index contributed by atoms with van der Waals surface area (Å²) in [6.45, 7) is 0. The monoisotopic (exact) mass is 507 g/mol. The van der Waals surface area contributed by atoms with Gasteiger partial charge in [-0.2, -0.15) is 0 Å². The fraction of sp³-hybridized carbons (Fsp3) is 0.0345. The maximum absolute atomic E-state index is 12.4. The SMILES string of the molecule is C[S+]([O-])c1ccc(Br)cc1-c1ccc2cc3c4cccc5c6ccccc6n(c3cc2c1)c54. The van der Waals surface area contributed by atoms with E-state index in [4.69, 9.17) is 0 Å². The minimum absolute atomic E-state index is 0.851. The van der Waals surface area contributed by atoms with E-state index in [1.807, 2.05) is 12.1 Å². The van der Waals surface area contributed by atoms with Crippen LogP contribution in [-0.4, -0.2) is 15.2 Å². The lowest BCUT2D eigenvalue weighted by Crippen LogP contribution is -2.00. The van der Waals surface area contributed by atoms with Gasteiger partial charge in [0.2, 0.25) is 0 Å². The third-order valence-electron chi connectivity index (χ3n) is 6.74. The van der Waals surface area contributed by atoms with Gasteiger partial charge in [-0.3, -0.25) is 0 Å². The summed E-state index contributed by atoms with van der Waals surface area (Å²) < 4.78 is 15.8. The molecular formula is C29H18BrNOS. The van der Waals surface area contributed by atoms with Gasteiger partial charge in [-0.15, -0.1) is 0 Å². The van der Waals surface area contributed by atoms with Crippen molar-refractivity contribution >= 4 is 76.0 Å². The number of halogens is 1.